The number of nitrogens with zero attached hydrogens (tertiary/aromatic N) is 1. The molecule has 0 aromatic carbocycles. The number of carboxylic acids is 1. The van der Waals surface area contributed by atoms with Crippen LogP contribution in [0.4, 0.5) is 0 Å². The Bertz CT molecular complexity index is 256. The third-order valence-electron chi connectivity index (χ3n) is 3.17. The fraction of sp³-hybridized carbons (Fsp3) is 0.778. The summed E-state index contributed by atoms with van der Waals surface area (Å²) in [5.74, 6) is -0.809. The van der Waals surface area contributed by atoms with Gasteiger partial charge in [0.05, 0.1) is 0 Å². The maximum atomic E-state index is 11.4. The molecule has 0 aromatic heterocycles. The molecule has 1 N–H and O–H groups in total. The predicted molar refractivity (Wildman–Crippen MR) is 45.2 cm³/mol. The van der Waals surface area contributed by atoms with E-state index in [0.717, 1.165) is 12.8 Å². The van der Waals surface area contributed by atoms with Crippen LogP contribution in [0.5, 0.6) is 0 Å². The molecule has 1 amide bonds. The lowest BCUT2D eigenvalue weighted by atomic mass is 9.75. The van der Waals surface area contributed by atoms with Crippen LogP contribution in [0.3, 0.4) is 0 Å². The fourth-order valence-electron chi connectivity index (χ4n) is 2.21. The van der Waals surface area contributed by atoms with Gasteiger partial charge in [-0.15, -0.1) is 0 Å². The molecule has 4 heteroatoms. The van der Waals surface area contributed by atoms with E-state index in [1.165, 1.54) is 0 Å². The van der Waals surface area contributed by atoms with Crippen LogP contribution in [0.1, 0.15) is 32.1 Å². The molecule has 1 saturated carbocycles. The van der Waals surface area contributed by atoms with E-state index >= 15 is 0 Å². The van der Waals surface area contributed by atoms with Crippen molar-refractivity contribution in [2.24, 2.45) is 0 Å². The summed E-state index contributed by atoms with van der Waals surface area (Å²) in [4.78, 5) is 24.0. The van der Waals surface area contributed by atoms with E-state index < -0.39 is 11.5 Å². The second-order valence-corrected chi connectivity index (χ2v) is 3.84. The molecule has 0 radical (unpaired) electrons. The van der Waals surface area contributed by atoms with Gasteiger partial charge in [0.1, 0.15) is 5.54 Å². The van der Waals surface area contributed by atoms with Crippen LogP contribution in [0.2, 0.25) is 0 Å². The van der Waals surface area contributed by atoms with Crippen molar-refractivity contribution in [3.8, 4) is 0 Å². The molecule has 0 aromatic rings. The monoisotopic (exact) mass is 183 g/mol. The Hall–Kier alpha value is -1.06. The largest absolute Gasteiger partial charge is 0.479 e. The molecule has 2 rings (SSSR count). The fourth-order valence-corrected chi connectivity index (χ4v) is 2.21. The van der Waals surface area contributed by atoms with Crippen LogP contribution in [-0.2, 0) is 9.59 Å². The van der Waals surface area contributed by atoms with Crippen molar-refractivity contribution >= 4 is 11.9 Å². The van der Waals surface area contributed by atoms with Gasteiger partial charge in [0.2, 0.25) is 5.91 Å². The van der Waals surface area contributed by atoms with E-state index in [4.69, 9.17) is 5.11 Å². The van der Waals surface area contributed by atoms with Crippen molar-refractivity contribution in [3.05, 3.63) is 0 Å². The number of likely N-dealkylation sites (tertiary alicyclic amines) is 1. The summed E-state index contributed by atoms with van der Waals surface area (Å²) in [7, 11) is 0. The van der Waals surface area contributed by atoms with Gasteiger partial charge >= 0.3 is 5.97 Å². The molecular weight excluding hydrogens is 170 g/mol. The van der Waals surface area contributed by atoms with Gasteiger partial charge in [0.25, 0.3) is 0 Å². The van der Waals surface area contributed by atoms with Gasteiger partial charge in [0.15, 0.2) is 0 Å². The number of aliphatic carboxylic acids is 1. The van der Waals surface area contributed by atoms with Gasteiger partial charge in [-0.2, -0.15) is 0 Å². The number of amides is 1. The minimum absolute atomic E-state index is 0.0158. The van der Waals surface area contributed by atoms with Gasteiger partial charge in [-0.1, -0.05) is 0 Å². The van der Waals surface area contributed by atoms with Crippen molar-refractivity contribution in [3.63, 3.8) is 0 Å². The van der Waals surface area contributed by atoms with Gasteiger partial charge in [-0.05, 0) is 25.7 Å². The van der Waals surface area contributed by atoms with Gasteiger partial charge in [-0.3, -0.25) is 4.79 Å². The second kappa shape index (κ2) is 2.72. The Morgan fingerprint density at radius 1 is 1.38 bits per heavy atom. The van der Waals surface area contributed by atoms with E-state index in [9.17, 15) is 9.59 Å². The summed E-state index contributed by atoms with van der Waals surface area (Å²) < 4.78 is 0. The highest BCUT2D eigenvalue weighted by Crippen LogP contribution is 2.40. The van der Waals surface area contributed by atoms with Crippen LogP contribution in [0.25, 0.3) is 0 Å². The maximum Gasteiger partial charge on any atom is 0.329 e. The number of hydrogen-bond donors (Lipinski definition) is 1. The highest BCUT2D eigenvalue weighted by Gasteiger charge is 2.52. The number of carbonyl (C=O) groups excluding carboxylic acids is 1. The molecule has 0 unspecified atom stereocenters. The Labute approximate surface area is 76.5 Å². The van der Waals surface area contributed by atoms with Crippen LogP contribution in [0, 0.1) is 0 Å². The third-order valence-corrected chi connectivity index (χ3v) is 3.17. The summed E-state index contributed by atoms with van der Waals surface area (Å²) in [5, 5.41) is 9.07. The van der Waals surface area contributed by atoms with Crippen molar-refractivity contribution in [2.75, 3.05) is 6.54 Å². The van der Waals surface area contributed by atoms with Crippen molar-refractivity contribution in [2.45, 2.75) is 37.6 Å². The van der Waals surface area contributed by atoms with Crippen LogP contribution < -0.4 is 0 Å². The molecule has 1 heterocycles. The second-order valence-electron chi connectivity index (χ2n) is 3.84. The lowest BCUT2D eigenvalue weighted by Gasteiger charge is -2.44. The number of hydrogen-bond acceptors (Lipinski definition) is 2. The quantitative estimate of drug-likeness (QED) is 0.682. The van der Waals surface area contributed by atoms with Crippen LogP contribution >= 0.6 is 0 Å². The van der Waals surface area contributed by atoms with Crippen molar-refractivity contribution in [1.82, 2.24) is 4.90 Å². The zero-order valence-electron chi connectivity index (χ0n) is 7.45. The number of carbonyl (C=O) groups is 2. The van der Waals surface area contributed by atoms with E-state index in [1.807, 2.05) is 0 Å². The summed E-state index contributed by atoms with van der Waals surface area (Å²) >= 11 is 0. The van der Waals surface area contributed by atoms with E-state index in [0.29, 0.717) is 25.8 Å². The molecule has 1 aliphatic carbocycles. The van der Waals surface area contributed by atoms with E-state index in [2.05, 4.69) is 0 Å². The molecule has 1 aliphatic heterocycles. The predicted octanol–water partition coefficient (Wildman–Crippen LogP) is 0.616. The van der Waals surface area contributed by atoms with Crippen molar-refractivity contribution in [1.29, 1.82) is 0 Å². The van der Waals surface area contributed by atoms with Gasteiger partial charge in [-0.25, -0.2) is 4.79 Å². The maximum absolute atomic E-state index is 11.4. The summed E-state index contributed by atoms with van der Waals surface area (Å²) in [6, 6.07) is 0. The first kappa shape index (κ1) is 8.53. The van der Waals surface area contributed by atoms with Crippen LogP contribution in [0.15, 0.2) is 0 Å². The Morgan fingerprint density at radius 3 is 2.38 bits per heavy atom. The molecule has 0 spiro atoms. The first-order valence-corrected chi connectivity index (χ1v) is 4.71. The topological polar surface area (TPSA) is 57.6 Å². The summed E-state index contributed by atoms with van der Waals surface area (Å²) in [6.07, 6.45) is 3.53. The zero-order valence-corrected chi connectivity index (χ0v) is 7.45. The molecule has 1 saturated heterocycles. The normalized spacial score (nSPS) is 25.8. The molecule has 13 heavy (non-hydrogen) atoms. The minimum Gasteiger partial charge on any atom is -0.479 e. The summed E-state index contributed by atoms with van der Waals surface area (Å²) in [6.45, 7) is 0.630. The average Bonchev–Trinajstić information content (AvgIpc) is 2.34. The molecule has 0 bridgehead atoms. The molecule has 2 aliphatic rings. The van der Waals surface area contributed by atoms with E-state index in [1.54, 1.807) is 4.90 Å². The van der Waals surface area contributed by atoms with Gasteiger partial charge < -0.3 is 10.0 Å². The molecule has 2 fully saturated rings. The lowest BCUT2D eigenvalue weighted by Crippen LogP contribution is -2.59. The average molecular weight is 183 g/mol. The first-order valence-electron chi connectivity index (χ1n) is 4.71. The minimum atomic E-state index is -0.826. The number of rotatable bonds is 2. The Morgan fingerprint density at radius 2 is 2.08 bits per heavy atom. The van der Waals surface area contributed by atoms with E-state index in [-0.39, 0.29) is 5.91 Å². The first-order chi connectivity index (χ1) is 6.17. The zero-order chi connectivity index (χ0) is 9.47. The smallest absolute Gasteiger partial charge is 0.329 e. The highest BCUT2D eigenvalue weighted by molar-refractivity contribution is 5.88. The standard InChI is InChI=1S/C9H13NO3/c11-7-3-1-6-10(7)9(8(12)13)4-2-5-9/h1-6H2,(H,12,13). The molecule has 72 valence electrons. The Balaban J connectivity index is 2.21. The number of carboxylic acid groups (broad SMARTS) is 1. The highest BCUT2D eigenvalue weighted by atomic mass is 16.4. The molecule has 4 nitrogen and oxygen atoms in total. The third kappa shape index (κ3) is 1.04. The summed E-state index contributed by atoms with van der Waals surface area (Å²) in [5.41, 5.74) is -0.826. The lowest BCUT2D eigenvalue weighted by molar-refractivity contribution is -0.163. The molecule has 0 atom stereocenters. The van der Waals surface area contributed by atoms with Gasteiger partial charge in [0, 0.05) is 13.0 Å². The molecular formula is C9H13NO3. The Kier molecular flexibility index (Phi) is 1.78. The van der Waals surface area contributed by atoms with Crippen molar-refractivity contribution < 1.29 is 14.7 Å². The van der Waals surface area contributed by atoms with Crippen LogP contribution in [-0.4, -0.2) is 34.0 Å². The SMILES string of the molecule is O=C1CCCN1C1(C(=O)O)CCC1.